The molecule has 0 radical (unpaired) electrons. The largest absolute Gasteiger partial charge is 0.342 e. The Kier molecular flexibility index (Phi) is 0.556. The molecule has 2 nitrogen and oxygen atoms in total. The van der Waals surface area contributed by atoms with Crippen molar-refractivity contribution in [2.75, 3.05) is 0 Å². The number of fused-ring (bicyclic) bond motifs is 1. The van der Waals surface area contributed by atoms with Crippen molar-refractivity contribution in [3.05, 3.63) is 29.6 Å². The zero-order valence-corrected chi connectivity index (χ0v) is 5.39. The molecule has 2 heterocycles. The van der Waals surface area contributed by atoms with Gasteiger partial charge >= 0.3 is 0 Å². The van der Waals surface area contributed by atoms with Crippen LogP contribution in [0, 0.1) is 0 Å². The average molecular weight is 130 g/mol. The molecular formula is C8H6N2. The highest BCUT2D eigenvalue weighted by Crippen LogP contribution is 2.24. The zero-order valence-electron chi connectivity index (χ0n) is 5.39. The number of imidazole rings is 1. The predicted octanol–water partition coefficient (Wildman–Crippen LogP) is 1.47. The van der Waals surface area contributed by atoms with Crippen molar-refractivity contribution < 1.29 is 0 Å². The van der Waals surface area contributed by atoms with Gasteiger partial charge in [-0.1, -0.05) is 12.1 Å². The second-order valence-corrected chi connectivity index (χ2v) is 2.67. The van der Waals surface area contributed by atoms with Gasteiger partial charge in [-0.2, -0.15) is 0 Å². The molecule has 0 saturated carbocycles. The van der Waals surface area contributed by atoms with Gasteiger partial charge in [0, 0.05) is 6.42 Å². The summed E-state index contributed by atoms with van der Waals surface area (Å²) in [5.41, 5.74) is 3.71. The van der Waals surface area contributed by atoms with Crippen LogP contribution in [0.2, 0.25) is 0 Å². The third-order valence-electron chi connectivity index (χ3n) is 2.00. The van der Waals surface area contributed by atoms with Crippen molar-refractivity contribution in [3.8, 4) is 0 Å². The minimum absolute atomic E-state index is 1.00. The van der Waals surface area contributed by atoms with Gasteiger partial charge in [-0.15, -0.1) is 0 Å². The van der Waals surface area contributed by atoms with Crippen LogP contribution < -0.4 is 0 Å². The fraction of sp³-hybridized carbons (Fsp3) is 0.125. The highest BCUT2D eigenvalue weighted by molar-refractivity contribution is 5.81. The Bertz CT molecular complexity index is 397. The molecule has 2 heteroatoms. The van der Waals surface area contributed by atoms with E-state index in [1.807, 2.05) is 0 Å². The van der Waals surface area contributed by atoms with Gasteiger partial charge in [-0.25, -0.2) is 4.98 Å². The van der Waals surface area contributed by atoms with E-state index in [1.54, 1.807) is 0 Å². The van der Waals surface area contributed by atoms with Gasteiger partial charge in [0.05, 0.1) is 11.0 Å². The second kappa shape index (κ2) is 1.24. The maximum absolute atomic E-state index is 4.35. The van der Waals surface area contributed by atoms with E-state index < -0.39 is 0 Å². The van der Waals surface area contributed by atoms with Crippen LogP contribution in [0.25, 0.3) is 11.0 Å². The van der Waals surface area contributed by atoms with Crippen molar-refractivity contribution in [1.29, 1.82) is 0 Å². The van der Waals surface area contributed by atoms with Crippen molar-refractivity contribution in [3.63, 3.8) is 0 Å². The minimum atomic E-state index is 1.00. The average Bonchev–Trinajstić information content (AvgIpc) is 2.40. The number of aromatic nitrogens is 2. The first-order valence-electron chi connectivity index (χ1n) is 3.40. The van der Waals surface area contributed by atoms with Crippen LogP contribution in [-0.2, 0) is 6.42 Å². The molecule has 2 aromatic rings. The standard InChI is InChI=1S/C8H6N2/c1-2-5-4-7-9-6(3-1)8(5)10-7/h1-3H,4H2,(H,9,10). The van der Waals surface area contributed by atoms with E-state index in [0.717, 1.165) is 17.8 Å². The van der Waals surface area contributed by atoms with E-state index in [1.165, 1.54) is 11.1 Å². The SMILES string of the molecule is c1cc2c3nc([nH]c3c1)C2. The minimum Gasteiger partial charge on any atom is -0.342 e. The Morgan fingerprint density at radius 2 is 2.40 bits per heavy atom. The van der Waals surface area contributed by atoms with Gasteiger partial charge in [0.15, 0.2) is 0 Å². The summed E-state index contributed by atoms with van der Waals surface area (Å²) in [5, 5.41) is 0. The second-order valence-electron chi connectivity index (χ2n) is 2.67. The monoisotopic (exact) mass is 130 g/mol. The highest BCUT2D eigenvalue weighted by Gasteiger charge is 2.14. The Hall–Kier alpha value is -1.31. The van der Waals surface area contributed by atoms with E-state index >= 15 is 0 Å². The number of hydrogen-bond acceptors (Lipinski definition) is 1. The smallest absolute Gasteiger partial charge is 0.111 e. The van der Waals surface area contributed by atoms with Gasteiger partial charge < -0.3 is 4.98 Å². The van der Waals surface area contributed by atoms with Crippen LogP contribution in [0.3, 0.4) is 0 Å². The zero-order chi connectivity index (χ0) is 6.55. The first kappa shape index (κ1) is 4.50. The lowest BCUT2D eigenvalue weighted by molar-refractivity contribution is 1.08. The summed E-state index contributed by atoms with van der Waals surface area (Å²) < 4.78 is 0. The number of para-hydroxylation sites is 1. The first-order chi connectivity index (χ1) is 4.93. The molecule has 0 saturated heterocycles. The molecule has 0 atom stereocenters. The lowest BCUT2D eigenvalue weighted by Crippen LogP contribution is -1.88. The highest BCUT2D eigenvalue weighted by atomic mass is 14.9. The topological polar surface area (TPSA) is 28.7 Å². The van der Waals surface area contributed by atoms with Crippen molar-refractivity contribution >= 4 is 11.0 Å². The molecule has 3 rings (SSSR count). The predicted molar refractivity (Wildman–Crippen MR) is 38.9 cm³/mol. The van der Waals surface area contributed by atoms with E-state index in [0.29, 0.717) is 0 Å². The maximum atomic E-state index is 4.35. The molecule has 0 amide bonds. The summed E-state index contributed by atoms with van der Waals surface area (Å²) in [6.45, 7) is 0. The van der Waals surface area contributed by atoms with Crippen molar-refractivity contribution in [2.45, 2.75) is 6.42 Å². The number of rotatable bonds is 0. The Balaban J connectivity index is 2.69. The third-order valence-corrected chi connectivity index (χ3v) is 2.00. The molecule has 1 aromatic carbocycles. The fourth-order valence-corrected chi connectivity index (χ4v) is 1.55. The van der Waals surface area contributed by atoms with Gasteiger partial charge in [-0.3, -0.25) is 0 Å². The molecule has 10 heavy (non-hydrogen) atoms. The molecule has 1 aromatic heterocycles. The molecule has 1 aliphatic heterocycles. The summed E-state index contributed by atoms with van der Waals surface area (Å²) in [4.78, 5) is 7.57. The molecule has 0 fully saturated rings. The number of benzene rings is 1. The molecular weight excluding hydrogens is 124 g/mol. The third kappa shape index (κ3) is 0.355. The number of hydrogen-bond donors (Lipinski definition) is 1. The first-order valence-corrected chi connectivity index (χ1v) is 3.40. The van der Waals surface area contributed by atoms with Crippen molar-refractivity contribution in [2.24, 2.45) is 0 Å². The summed E-state index contributed by atoms with van der Waals surface area (Å²) in [6, 6.07) is 6.27. The van der Waals surface area contributed by atoms with Crippen LogP contribution in [0.15, 0.2) is 18.2 Å². The fourth-order valence-electron chi connectivity index (χ4n) is 1.55. The molecule has 1 aliphatic rings. The molecule has 0 unspecified atom stereocenters. The lowest BCUT2D eigenvalue weighted by atomic mass is 10.1. The van der Waals surface area contributed by atoms with Gasteiger partial charge in [0.2, 0.25) is 0 Å². The summed E-state index contributed by atoms with van der Waals surface area (Å²) >= 11 is 0. The van der Waals surface area contributed by atoms with E-state index in [-0.39, 0.29) is 0 Å². The Morgan fingerprint density at radius 3 is 3.10 bits per heavy atom. The summed E-state index contributed by atoms with van der Waals surface area (Å²) in [5.74, 6) is 1.11. The number of nitrogens with zero attached hydrogens (tertiary/aromatic N) is 1. The van der Waals surface area contributed by atoms with Crippen LogP contribution in [0.5, 0.6) is 0 Å². The lowest BCUT2D eigenvalue weighted by Gasteiger charge is -1.97. The summed E-state index contributed by atoms with van der Waals surface area (Å²) in [6.07, 6.45) is 1.00. The molecule has 0 spiro atoms. The van der Waals surface area contributed by atoms with E-state index in [4.69, 9.17) is 0 Å². The number of H-pyrrole nitrogens is 1. The van der Waals surface area contributed by atoms with Gasteiger partial charge in [0.25, 0.3) is 0 Å². The molecule has 0 aliphatic carbocycles. The number of aromatic amines is 1. The van der Waals surface area contributed by atoms with E-state index in [2.05, 4.69) is 28.2 Å². The van der Waals surface area contributed by atoms with Gasteiger partial charge in [0.1, 0.15) is 5.82 Å². The van der Waals surface area contributed by atoms with E-state index in [9.17, 15) is 0 Å². The number of nitrogens with one attached hydrogen (secondary N) is 1. The van der Waals surface area contributed by atoms with Gasteiger partial charge in [-0.05, 0) is 11.6 Å². The van der Waals surface area contributed by atoms with Crippen LogP contribution >= 0.6 is 0 Å². The van der Waals surface area contributed by atoms with Crippen LogP contribution in [-0.4, -0.2) is 9.97 Å². The Morgan fingerprint density at radius 1 is 1.40 bits per heavy atom. The van der Waals surface area contributed by atoms with Crippen LogP contribution in [0.1, 0.15) is 11.4 Å². The summed E-state index contributed by atoms with van der Waals surface area (Å²) in [7, 11) is 0. The molecule has 48 valence electrons. The normalized spacial score (nSPS) is 13.6. The van der Waals surface area contributed by atoms with Crippen molar-refractivity contribution in [1.82, 2.24) is 9.97 Å². The molecule has 2 bridgehead atoms. The Labute approximate surface area is 57.9 Å². The molecule has 1 N–H and O–H groups in total. The van der Waals surface area contributed by atoms with Crippen LogP contribution in [0.4, 0.5) is 0 Å². The maximum Gasteiger partial charge on any atom is 0.111 e. The quantitative estimate of drug-likeness (QED) is 0.490.